The van der Waals surface area contributed by atoms with Gasteiger partial charge >= 0.3 is 18.0 Å². The highest BCUT2D eigenvalue weighted by atomic mass is 16.5. The molecule has 0 spiro atoms. The molecule has 0 bridgehead atoms. The van der Waals surface area contributed by atoms with Gasteiger partial charge in [0.15, 0.2) is 0 Å². The van der Waals surface area contributed by atoms with E-state index >= 15 is 0 Å². The molecule has 0 aliphatic carbocycles. The number of carbonyl (C=O) groups is 5. The number of nitrogens with zero attached hydrogens (tertiary/aromatic N) is 3. The molecule has 4 amide bonds. The van der Waals surface area contributed by atoms with E-state index < -0.39 is 40.6 Å². The smallest absolute Gasteiger partial charge is 0.350 e. The van der Waals surface area contributed by atoms with Crippen LogP contribution in [0.2, 0.25) is 0 Å². The van der Waals surface area contributed by atoms with E-state index in [1.807, 2.05) is 38.1 Å². The highest BCUT2D eigenvalue weighted by Gasteiger charge is 2.52. The Morgan fingerprint density at radius 3 is 2.20 bits per heavy atom. The molecule has 6 rings (SSSR count). The van der Waals surface area contributed by atoms with Crippen LogP contribution in [0.25, 0.3) is 10.8 Å². The van der Waals surface area contributed by atoms with E-state index in [1.165, 1.54) is 29.1 Å². The number of rotatable bonds is 8. The van der Waals surface area contributed by atoms with Crippen molar-refractivity contribution in [3.63, 3.8) is 0 Å². The number of anilines is 3. The number of esters is 2. The molecule has 12 nitrogen and oxygen atoms in total. The van der Waals surface area contributed by atoms with E-state index in [2.05, 4.69) is 5.32 Å². The Bertz CT molecular complexity index is 2370. The molecule has 2 N–H and O–H groups in total. The first kappa shape index (κ1) is 39.0. The molecule has 5 aromatic rings. The lowest BCUT2D eigenvalue weighted by Crippen LogP contribution is -2.50. The summed E-state index contributed by atoms with van der Waals surface area (Å²) in [5.74, 6) is -2.83. The van der Waals surface area contributed by atoms with Gasteiger partial charge in [-0.05, 0) is 89.1 Å². The molecular weight excluding hydrogens is 713 g/mol. The van der Waals surface area contributed by atoms with Crippen molar-refractivity contribution in [1.29, 1.82) is 0 Å². The van der Waals surface area contributed by atoms with Gasteiger partial charge in [0, 0.05) is 23.5 Å². The highest BCUT2D eigenvalue weighted by molar-refractivity contribution is 6.13. The molecule has 12 heteroatoms. The first-order chi connectivity index (χ1) is 26.5. The first-order valence-corrected chi connectivity index (χ1v) is 18.1. The molecule has 1 aliphatic heterocycles. The van der Waals surface area contributed by atoms with Gasteiger partial charge in [-0.1, -0.05) is 66.7 Å². The summed E-state index contributed by atoms with van der Waals surface area (Å²) < 4.78 is 11.6. The number of hydrogen-bond acceptors (Lipinski definition) is 9. The predicted molar refractivity (Wildman–Crippen MR) is 214 cm³/mol. The summed E-state index contributed by atoms with van der Waals surface area (Å²) in [6.07, 6.45) is 0. The zero-order valence-corrected chi connectivity index (χ0v) is 32.4. The molecule has 0 aromatic heterocycles. The zero-order valence-electron chi connectivity index (χ0n) is 32.4. The van der Waals surface area contributed by atoms with Gasteiger partial charge in [0.2, 0.25) is 0 Å². The van der Waals surface area contributed by atoms with Gasteiger partial charge in [-0.3, -0.25) is 24.3 Å². The van der Waals surface area contributed by atoms with Crippen LogP contribution in [0.3, 0.4) is 0 Å². The minimum Gasteiger partial charge on any atom is -0.506 e. The van der Waals surface area contributed by atoms with Crippen LogP contribution in [0, 0.1) is 24.7 Å². The van der Waals surface area contributed by atoms with Crippen LogP contribution in [0.15, 0.2) is 103 Å². The molecule has 1 unspecified atom stereocenters. The van der Waals surface area contributed by atoms with Crippen molar-refractivity contribution in [2.24, 2.45) is 10.8 Å². The van der Waals surface area contributed by atoms with E-state index in [-0.39, 0.29) is 46.9 Å². The summed E-state index contributed by atoms with van der Waals surface area (Å²) in [5, 5.41) is 17.3. The average molecular weight is 757 g/mol. The molecule has 0 radical (unpaired) electrons. The summed E-state index contributed by atoms with van der Waals surface area (Å²) in [6, 6.07) is 27.9. The molecule has 1 fully saturated rings. The second-order valence-corrected chi connectivity index (χ2v) is 15.2. The molecule has 288 valence electrons. The largest absolute Gasteiger partial charge is 0.506 e. The molecule has 5 aromatic carbocycles. The van der Waals surface area contributed by atoms with E-state index in [0.717, 1.165) is 16.1 Å². The van der Waals surface area contributed by atoms with Gasteiger partial charge in [-0.25, -0.2) is 9.59 Å². The van der Waals surface area contributed by atoms with Crippen molar-refractivity contribution in [2.75, 3.05) is 35.4 Å². The topological polar surface area (TPSA) is 146 Å². The normalized spacial score (nSPS) is 15.4. The van der Waals surface area contributed by atoms with Crippen LogP contribution in [0.1, 0.15) is 59.5 Å². The van der Waals surface area contributed by atoms with E-state index in [9.17, 15) is 29.1 Å². The van der Waals surface area contributed by atoms with E-state index in [1.54, 1.807) is 94.4 Å². The van der Waals surface area contributed by atoms with Crippen molar-refractivity contribution in [2.45, 2.75) is 41.5 Å². The fourth-order valence-electron chi connectivity index (χ4n) is 6.36. The van der Waals surface area contributed by atoms with Crippen molar-refractivity contribution in [1.82, 2.24) is 5.01 Å². The van der Waals surface area contributed by atoms with Crippen LogP contribution in [-0.2, 0) is 14.3 Å². The van der Waals surface area contributed by atoms with E-state index in [0.29, 0.717) is 16.8 Å². The number of nitrogens with one attached hydrogen (secondary N) is 1. The first-order valence-electron chi connectivity index (χ1n) is 18.1. The van der Waals surface area contributed by atoms with Crippen molar-refractivity contribution < 1.29 is 38.6 Å². The maximum atomic E-state index is 14.4. The number of hydrazine groups is 1. The number of ether oxygens (including phenoxy) is 2. The fraction of sp³-hybridized carbons (Fsp3) is 0.250. The number of phenolic OH excluding ortho intramolecular Hbond substituents is 1. The minimum absolute atomic E-state index is 0.00356. The number of urea groups is 1. The number of aryl methyl sites for hydroxylation is 2. The minimum atomic E-state index is -1.28. The summed E-state index contributed by atoms with van der Waals surface area (Å²) in [4.78, 5) is 70.2. The molecule has 56 heavy (non-hydrogen) atoms. The van der Waals surface area contributed by atoms with Crippen LogP contribution < -0.4 is 20.0 Å². The lowest BCUT2D eigenvalue weighted by molar-refractivity contribution is -0.157. The summed E-state index contributed by atoms with van der Waals surface area (Å²) in [6.45, 7) is 10.3. The Hall–Kier alpha value is -6.69. The monoisotopic (exact) mass is 756 g/mol. The Kier molecular flexibility index (Phi) is 10.6. The number of phenols is 1. The summed E-state index contributed by atoms with van der Waals surface area (Å²) in [5.41, 5.74) is 0.797. The van der Waals surface area contributed by atoms with Crippen LogP contribution in [0.5, 0.6) is 11.5 Å². The van der Waals surface area contributed by atoms with Gasteiger partial charge < -0.3 is 19.9 Å². The van der Waals surface area contributed by atoms with Crippen LogP contribution in [-0.4, -0.2) is 60.1 Å². The maximum absolute atomic E-state index is 14.4. The Balaban J connectivity index is 1.31. The summed E-state index contributed by atoms with van der Waals surface area (Å²) >= 11 is 0. The fourth-order valence-corrected chi connectivity index (χ4v) is 6.36. The van der Waals surface area contributed by atoms with Gasteiger partial charge in [0.25, 0.3) is 11.8 Å². The highest BCUT2D eigenvalue weighted by Crippen LogP contribution is 2.39. The van der Waals surface area contributed by atoms with Gasteiger partial charge in [0.1, 0.15) is 23.5 Å². The SMILES string of the molecule is Cc1ccc(C)c(NC(=O)c2cc(OC(=O)c3ccccc3N(C)C(=O)N3C(=O)C(C)(COC(=O)C(C)(C)C)CN3c3ccccc3)c3ccccc3c2O)c1. The lowest BCUT2D eigenvalue weighted by atomic mass is 9.91. The third-order valence-corrected chi connectivity index (χ3v) is 9.66. The number of hydrogen-bond donors (Lipinski definition) is 2. The number of fused-ring (bicyclic) bond motifs is 1. The predicted octanol–water partition coefficient (Wildman–Crippen LogP) is 8.05. The van der Waals surface area contributed by atoms with Crippen molar-refractivity contribution in [3.05, 3.63) is 125 Å². The molecule has 1 heterocycles. The second kappa shape index (κ2) is 15.2. The van der Waals surface area contributed by atoms with Crippen LogP contribution >= 0.6 is 0 Å². The third-order valence-electron chi connectivity index (χ3n) is 9.66. The number of para-hydroxylation sites is 2. The number of amides is 4. The standard InChI is InChI=1S/C44H44N4O8/c1-27-21-22-28(2)34(23-27)45-38(50)33-24-36(30-17-11-12-18-31(30)37(33)49)56-39(51)32-19-13-14-20-35(32)46(7)42(54)48-40(52)44(6,26-55-41(53)43(3,4)5)25-47(48)29-15-9-8-10-16-29/h8-24,49H,25-26H2,1-7H3,(H,45,50). The van der Waals surface area contributed by atoms with Crippen molar-refractivity contribution in [3.8, 4) is 11.5 Å². The Morgan fingerprint density at radius 1 is 0.857 bits per heavy atom. The molecule has 1 atom stereocenters. The molecular formula is C44H44N4O8. The molecule has 0 saturated carbocycles. The quantitative estimate of drug-likeness (QED) is 0.119. The Morgan fingerprint density at radius 2 is 1.50 bits per heavy atom. The third kappa shape index (κ3) is 7.63. The van der Waals surface area contributed by atoms with E-state index in [4.69, 9.17) is 9.47 Å². The van der Waals surface area contributed by atoms with Crippen LogP contribution in [0.4, 0.5) is 21.9 Å². The van der Waals surface area contributed by atoms with Gasteiger partial charge in [-0.15, -0.1) is 0 Å². The molecule has 1 aliphatic rings. The number of imide groups is 1. The second-order valence-electron chi connectivity index (χ2n) is 15.2. The van der Waals surface area contributed by atoms with Gasteiger partial charge in [0.05, 0.1) is 34.5 Å². The lowest BCUT2D eigenvalue weighted by Gasteiger charge is -2.31. The van der Waals surface area contributed by atoms with Gasteiger partial charge in [-0.2, -0.15) is 5.01 Å². The Labute approximate surface area is 325 Å². The molecule has 1 saturated heterocycles. The number of carbonyl (C=O) groups excluding carboxylic acids is 5. The number of aromatic hydroxyl groups is 1. The zero-order chi connectivity index (χ0) is 40.5. The summed E-state index contributed by atoms with van der Waals surface area (Å²) in [7, 11) is 1.44. The van der Waals surface area contributed by atoms with Crippen molar-refractivity contribution >= 4 is 57.6 Å². The maximum Gasteiger partial charge on any atom is 0.350 e. The number of benzene rings is 5. The average Bonchev–Trinajstić information content (AvgIpc) is 3.45.